The van der Waals surface area contributed by atoms with Crippen molar-refractivity contribution in [2.45, 2.75) is 33.7 Å². The van der Waals surface area contributed by atoms with E-state index in [-0.39, 0.29) is 11.9 Å². The molecule has 2 aromatic rings. The topological polar surface area (TPSA) is 69.0 Å². The number of hydrogen-bond acceptors (Lipinski definition) is 4. The third kappa shape index (κ3) is 4.89. The van der Waals surface area contributed by atoms with Crippen LogP contribution in [0.4, 0.5) is 0 Å². The summed E-state index contributed by atoms with van der Waals surface area (Å²) in [5, 5.41) is 7.06. The van der Waals surface area contributed by atoms with Crippen molar-refractivity contribution in [2.75, 3.05) is 13.2 Å². The smallest absolute Gasteiger partial charge is 0.251 e. The lowest BCUT2D eigenvalue weighted by atomic mass is 10.1. The zero-order valence-electron chi connectivity index (χ0n) is 14.1. The molecule has 1 aromatic heterocycles. The Morgan fingerprint density at radius 1 is 1.30 bits per heavy atom. The molecular weight excluding hydrogens is 292 g/mol. The van der Waals surface area contributed by atoms with Gasteiger partial charge < -0.3 is 10.1 Å². The highest BCUT2D eigenvalue weighted by molar-refractivity contribution is 5.94. The van der Waals surface area contributed by atoms with Gasteiger partial charge in [0.05, 0.1) is 12.3 Å². The fourth-order valence-electron chi connectivity index (χ4n) is 2.22. The maximum atomic E-state index is 12.3. The molecule has 1 heterocycles. The number of amides is 1. The summed E-state index contributed by atoms with van der Waals surface area (Å²) in [5.41, 5.74) is 2.50. The Labute approximate surface area is 136 Å². The molecule has 0 spiro atoms. The summed E-state index contributed by atoms with van der Waals surface area (Å²) >= 11 is 0. The monoisotopic (exact) mass is 316 g/mol. The van der Waals surface area contributed by atoms with Gasteiger partial charge in [0.15, 0.2) is 0 Å². The van der Waals surface area contributed by atoms with Crippen LogP contribution in [-0.4, -0.2) is 39.9 Å². The number of nitrogens with one attached hydrogen (secondary N) is 1. The third-order valence-corrected chi connectivity index (χ3v) is 3.32. The van der Waals surface area contributed by atoms with Crippen LogP contribution in [0.1, 0.15) is 36.7 Å². The van der Waals surface area contributed by atoms with Crippen molar-refractivity contribution in [1.29, 1.82) is 0 Å². The Bertz CT molecular complexity index is 638. The minimum Gasteiger partial charge on any atom is -0.379 e. The highest BCUT2D eigenvalue weighted by Gasteiger charge is 2.12. The van der Waals surface area contributed by atoms with E-state index < -0.39 is 0 Å². The summed E-state index contributed by atoms with van der Waals surface area (Å²) in [5.74, 6) is 0.392. The van der Waals surface area contributed by atoms with Crippen molar-refractivity contribution in [2.24, 2.45) is 5.92 Å². The van der Waals surface area contributed by atoms with Crippen molar-refractivity contribution in [3.8, 4) is 5.69 Å². The van der Waals surface area contributed by atoms with E-state index in [9.17, 15) is 4.79 Å². The van der Waals surface area contributed by atoms with Crippen LogP contribution in [0.3, 0.4) is 0 Å². The summed E-state index contributed by atoms with van der Waals surface area (Å²) in [7, 11) is 0. The molecule has 0 aliphatic rings. The van der Waals surface area contributed by atoms with E-state index in [1.165, 1.54) is 6.33 Å². The highest BCUT2D eigenvalue weighted by atomic mass is 16.5. The van der Waals surface area contributed by atoms with Crippen LogP contribution in [-0.2, 0) is 4.74 Å². The van der Waals surface area contributed by atoms with E-state index in [1.807, 2.05) is 26.0 Å². The molecule has 2 rings (SSSR count). The maximum Gasteiger partial charge on any atom is 0.251 e. The number of carbonyl (C=O) groups excluding carboxylic acids is 1. The van der Waals surface area contributed by atoms with Crippen LogP contribution in [0.15, 0.2) is 30.9 Å². The van der Waals surface area contributed by atoms with Gasteiger partial charge in [0.25, 0.3) is 5.91 Å². The number of aryl methyl sites for hydroxylation is 1. The second-order valence-electron chi connectivity index (χ2n) is 6.15. The van der Waals surface area contributed by atoms with Crippen LogP contribution >= 0.6 is 0 Å². The molecule has 0 radical (unpaired) electrons. The molecule has 0 aliphatic carbocycles. The molecule has 1 N–H and O–H groups in total. The Kier molecular flexibility index (Phi) is 5.87. The first-order chi connectivity index (χ1) is 11.0. The fourth-order valence-corrected chi connectivity index (χ4v) is 2.22. The summed E-state index contributed by atoms with van der Waals surface area (Å²) in [6.45, 7) is 9.30. The Hall–Kier alpha value is -2.21. The average Bonchev–Trinajstić information content (AvgIpc) is 3.00. The van der Waals surface area contributed by atoms with Crippen LogP contribution in [0.25, 0.3) is 5.69 Å². The van der Waals surface area contributed by atoms with Gasteiger partial charge in [-0.15, -0.1) is 0 Å². The van der Waals surface area contributed by atoms with Gasteiger partial charge >= 0.3 is 0 Å². The summed E-state index contributed by atoms with van der Waals surface area (Å²) in [4.78, 5) is 16.2. The normalized spacial score (nSPS) is 12.4. The molecule has 1 aromatic carbocycles. The lowest BCUT2D eigenvalue weighted by Crippen LogP contribution is -2.36. The van der Waals surface area contributed by atoms with Crippen LogP contribution in [0, 0.1) is 12.8 Å². The predicted molar refractivity (Wildman–Crippen MR) is 88.7 cm³/mol. The molecule has 1 atom stereocenters. The first kappa shape index (κ1) is 17.1. The highest BCUT2D eigenvalue weighted by Crippen LogP contribution is 2.14. The zero-order valence-corrected chi connectivity index (χ0v) is 14.1. The number of ether oxygens (including phenoxy) is 1. The number of benzene rings is 1. The van der Waals surface area contributed by atoms with Crippen molar-refractivity contribution in [3.63, 3.8) is 0 Å². The quantitative estimate of drug-likeness (QED) is 0.851. The van der Waals surface area contributed by atoms with E-state index in [0.29, 0.717) is 24.7 Å². The molecule has 1 amide bonds. The minimum atomic E-state index is -0.0983. The van der Waals surface area contributed by atoms with Gasteiger partial charge in [-0.1, -0.05) is 13.8 Å². The van der Waals surface area contributed by atoms with Gasteiger partial charge in [0.2, 0.25) is 0 Å². The van der Waals surface area contributed by atoms with Crippen molar-refractivity contribution >= 4 is 5.91 Å². The van der Waals surface area contributed by atoms with Crippen LogP contribution in [0.2, 0.25) is 0 Å². The van der Waals surface area contributed by atoms with E-state index in [4.69, 9.17) is 4.74 Å². The molecule has 0 fully saturated rings. The molecule has 0 saturated heterocycles. The summed E-state index contributed by atoms with van der Waals surface area (Å²) < 4.78 is 7.23. The Morgan fingerprint density at radius 2 is 2.09 bits per heavy atom. The van der Waals surface area contributed by atoms with Crippen molar-refractivity contribution < 1.29 is 9.53 Å². The van der Waals surface area contributed by atoms with E-state index in [1.54, 1.807) is 17.1 Å². The lowest BCUT2D eigenvalue weighted by molar-refractivity contribution is 0.0791. The number of rotatable bonds is 7. The first-order valence-corrected chi connectivity index (χ1v) is 7.81. The van der Waals surface area contributed by atoms with E-state index in [0.717, 1.165) is 11.3 Å². The van der Waals surface area contributed by atoms with Gasteiger partial charge in [-0.3, -0.25) is 4.79 Å². The Morgan fingerprint density at radius 3 is 2.70 bits per heavy atom. The molecule has 0 aliphatic heterocycles. The summed E-state index contributed by atoms with van der Waals surface area (Å²) in [6.07, 6.45) is 3.12. The van der Waals surface area contributed by atoms with Gasteiger partial charge in [-0.25, -0.2) is 9.67 Å². The molecular formula is C17H24N4O2. The molecule has 23 heavy (non-hydrogen) atoms. The minimum absolute atomic E-state index is 0.0310. The first-order valence-electron chi connectivity index (χ1n) is 7.81. The number of carbonyl (C=O) groups is 1. The molecule has 0 unspecified atom stereocenters. The average molecular weight is 316 g/mol. The van der Waals surface area contributed by atoms with E-state index in [2.05, 4.69) is 29.2 Å². The van der Waals surface area contributed by atoms with Gasteiger partial charge in [-0.2, -0.15) is 5.10 Å². The van der Waals surface area contributed by atoms with Gasteiger partial charge in [-0.05, 0) is 43.5 Å². The van der Waals surface area contributed by atoms with Gasteiger partial charge in [0.1, 0.15) is 12.7 Å². The second kappa shape index (κ2) is 7.87. The Balaban J connectivity index is 1.96. The zero-order chi connectivity index (χ0) is 16.8. The number of hydrogen-bond donors (Lipinski definition) is 1. The van der Waals surface area contributed by atoms with Crippen LogP contribution in [0.5, 0.6) is 0 Å². The van der Waals surface area contributed by atoms with Gasteiger partial charge in [0, 0.05) is 18.2 Å². The van der Waals surface area contributed by atoms with Crippen LogP contribution < -0.4 is 5.32 Å². The molecule has 124 valence electrons. The van der Waals surface area contributed by atoms with E-state index >= 15 is 0 Å². The fraction of sp³-hybridized carbons (Fsp3) is 0.471. The van der Waals surface area contributed by atoms with Crippen molar-refractivity contribution in [1.82, 2.24) is 20.1 Å². The molecule has 6 nitrogen and oxygen atoms in total. The SMILES string of the molecule is Cc1cc(C(=O)N[C@@H](C)COCC(C)C)ccc1-n1cncn1. The number of aromatic nitrogens is 3. The maximum absolute atomic E-state index is 12.3. The molecule has 0 saturated carbocycles. The standard InChI is InChI=1S/C17H24N4O2/c1-12(2)8-23-9-14(4)20-17(22)15-5-6-16(13(3)7-15)21-11-18-10-19-21/h5-7,10-12,14H,8-9H2,1-4H3,(H,20,22)/t14-/m0/s1. The largest absolute Gasteiger partial charge is 0.379 e. The predicted octanol–water partition coefficient (Wildman–Crippen LogP) is 2.37. The molecule has 6 heteroatoms. The number of nitrogens with zero attached hydrogens (tertiary/aromatic N) is 3. The lowest BCUT2D eigenvalue weighted by Gasteiger charge is -2.16. The summed E-state index contributed by atoms with van der Waals surface area (Å²) in [6, 6.07) is 5.49. The van der Waals surface area contributed by atoms with Crippen molar-refractivity contribution in [3.05, 3.63) is 42.0 Å². The third-order valence-electron chi connectivity index (χ3n) is 3.32. The molecule has 0 bridgehead atoms. The second-order valence-corrected chi connectivity index (χ2v) is 6.15.